The lowest BCUT2D eigenvalue weighted by Gasteiger charge is -2.11. The number of halogens is 2. The van der Waals surface area contributed by atoms with Gasteiger partial charge in [-0.3, -0.25) is 0 Å². The summed E-state index contributed by atoms with van der Waals surface area (Å²) in [5.74, 6) is -2.74. The standard InChI is InChI=1S/C13H14F2N2/c1-13(14,15)8-11-12(17(2)9-16-11)10-6-4-3-5-7-10/h3-7,9H,8H2,1-2H3. The molecule has 0 amide bonds. The highest BCUT2D eigenvalue weighted by molar-refractivity contribution is 5.62. The van der Waals surface area contributed by atoms with Crippen molar-refractivity contribution in [3.63, 3.8) is 0 Å². The van der Waals surface area contributed by atoms with Crippen LogP contribution in [-0.4, -0.2) is 15.5 Å². The zero-order valence-corrected chi connectivity index (χ0v) is 9.82. The van der Waals surface area contributed by atoms with Crippen LogP contribution in [0.3, 0.4) is 0 Å². The van der Waals surface area contributed by atoms with E-state index in [9.17, 15) is 8.78 Å². The highest BCUT2D eigenvalue weighted by atomic mass is 19.3. The van der Waals surface area contributed by atoms with E-state index in [-0.39, 0.29) is 6.42 Å². The molecule has 2 aromatic rings. The van der Waals surface area contributed by atoms with Gasteiger partial charge in [-0.1, -0.05) is 30.3 Å². The zero-order chi connectivity index (χ0) is 12.5. The number of hydrogen-bond donors (Lipinski definition) is 0. The monoisotopic (exact) mass is 236 g/mol. The van der Waals surface area contributed by atoms with Crippen LogP contribution in [0.15, 0.2) is 36.7 Å². The minimum atomic E-state index is -2.74. The van der Waals surface area contributed by atoms with Gasteiger partial charge in [-0.15, -0.1) is 0 Å². The summed E-state index contributed by atoms with van der Waals surface area (Å²) < 4.78 is 27.9. The van der Waals surface area contributed by atoms with Gasteiger partial charge in [-0.2, -0.15) is 0 Å². The molecule has 90 valence electrons. The van der Waals surface area contributed by atoms with Crippen LogP contribution in [0.4, 0.5) is 8.78 Å². The molecule has 0 N–H and O–H groups in total. The molecule has 0 aliphatic carbocycles. The van der Waals surface area contributed by atoms with E-state index in [0.29, 0.717) is 5.69 Å². The molecule has 2 nitrogen and oxygen atoms in total. The molecule has 0 aliphatic rings. The summed E-state index contributed by atoms with van der Waals surface area (Å²) in [5.41, 5.74) is 2.10. The Morgan fingerprint density at radius 3 is 2.47 bits per heavy atom. The lowest BCUT2D eigenvalue weighted by atomic mass is 10.1. The van der Waals surface area contributed by atoms with Gasteiger partial charge in [-0.05, 0) is 6.92 Å². The molecule has 1 heterocycles. The summed E-state index contributed by atoms with van der Waals surface area (Å²) in [7, 11) is 1.81. The Labute approximate surface area is 98.9 Å². The normalized spacial score (nSPS) is 11.8. The molecular formula is C13H14F2N2. The van der Waals surface area contributed by atoms with E-state index in [1.54, 1.807) is 10.9 Å². The minimum absolute atomic E-state index is 0.335. The van der Waals surface area contributed by atoms with Gasteiger partial charge in [0.2, 0.25) is 0 Å². The van der Waals surface area contributed by atoms with E-state index in [1.165, 1.54) is 0 Å². The van der Waals surface area contributed by atoms with Crippen LogP contribution in [0, 0.1) is 0 Å². The van der Waals surface area contributed by atoms with Crippen molar-refractivity contribution in [2.75, 3.05) is 0 Å². The number of aromatic nitrogens is 2. The van der Waals surface area contributed by atoms with E-state index in [4.69, 9.17) is 0 Å². The quantitative estimate of drug-likeness (QED) is 0.799. The fourth-order valence-corrected chi connectivity index (χ4v) is 1.87. The maximum absolute atomic E-state index is 13.1. The van der Waals surface area contributed by atoms with Gasteiger partial charge in [0.25, 0.3) is 5.92 Å². The van der Waals surface area contributed by atoms with Crippen molar-refractivity contribution in [1.82, 2.24) is 9.55 Å². The number of imidazole rings is 1. The highest BCUT2D eigenvalue weighted by Crippen LogP contribution is 2.27. The molecule has 0 spiro atoms. The summed E-state index contributed by atoms with van der Waals surface area (Å²) >= 11 is 0. The average Bonchev–Trinajstić information content (AvgIpc) is 2.58. The zero-order valence-electron chi connectivity index (χ0n) is 9.82. The third kappa shape index (κ3) is 2.70. The maximum atomic E-state index is 13.1. The molecule has 4 heteroatoms. The third-order valence-corrected chi connectivity index (χ3v) is 2.54. The fourth-order valence-electron chi connectivity index (χ4n) is 1.87. The predicted molar refractivity (Wildman–Crippen MR) is 63.0 cm³/mol. The molecule has 0 bridgehead atoms. The maximum Gasteiger partial charge on any atom is 0.251 e. The smallest absolute Gasteiger partial charge is 0.251 e. The second kappa shape index (κ2) is 4.28. The van der Waals surface area contributed by atoms with Crippen LogP contribution in [0.1, 0.15) is 12.6 Å². The van der Waals surface area contributed by atoms with Crippen LogP contribution in [-0.2, 0) is 13.5 Å². The van der Waals surface area contributed by atoms with Crippen molar-refractivity contribution in [2.24, 2.45) is 7.05 Å². The Kier molecular flexibility index (Phi) is 2.96. The number of aryl methyl sites for hydroxylation is 1. The van der Waals surface area contributed by atoms with E-state index in [0.717, 1.165) is 18.2 Å². The van der Waals surface area contributed by atoms with Crippen molar-refractivity contribution in [3.8, 4) is 11.3 Å². The Morgan fingerprint density at radius 1 is 1.24 bits per heavy atom. The van der Waals surface area contributed by atoms with Crippen LogP contribution in [0.5, 0.6) is 0 Å². The molecule has 0 radical (unpaired) electrons. The van der Waals surface area contributed by atoms with E-state index < -0.39 is 5.92 Å². The van der Waals surface area contributed by atoms with Crippen LogP contribution >= 0.6 is 0 Å². The summed E-state index contributed by atoms with van der Waals surface area (Å²) in [5, 5.41) is 0. The van der Waals surface area contributed by atoms with Gasteiger partial charge < -0.3 is 4.57 Å². The topological polar surface area (TPSA) is 17.8 Å². The first-order valence-electron chi connectivity index (χ1n) is 5.41. The Hall–Kier alpha value is -1.71. The fraction of sp³-hybridized carbons (Fsp3) is 0.308. The molecule has 1 aromatic heterocycles. The lowest BCUT2D eigenvalue weighted by molar-refractivity contribution is 0.0218. The SMILES string of the molecule is Cn1cnc(CC(C)(F)F)c1-c1ccccc1. The van der Waals surface area contributed by atoms with Gasteiger partial charge in [0, 0.05) is 12.6 Å². The van der Waals surface area contributed by atoms with Crippen molar-refractivity contribution < 1.29 is 8.78 Å². The molecule has 17 heavy (non-hydrogen) atoms. The van der Waals surface area contributed by atoms with Crippen molar-refractivity contribution >= 4 is 0 Å². The van der Waals surface area contributed by atoms with Gasteiger partial charge >= 0.3 is 0 Å². The first-order valence-corrected chi connectivity index (χ1v) is 5.41. The van der Waals surface area contributed by atoms with Crippen LogP contribution in [0.2, 0.25) is 0 Å². The first-order chi connectivity index (χ1) is 7.97. The Bertz CT molecular complexity index is 498. The largest absolute Gasteiger partial charge is 0.334 e. The van der Waals surface area contributed by atoms with Crippen molar-refractivity contribution in [3.05, 3.63) is 42.4 Å². The second-order valence-electron chi connectivity index (χ2n) is 4.26. The van der Waals surface area contributed by atoms with Crippen molar-refractivity contribution in [1.29, 1.82) is 0 Å². The Balaban J connectivity index is 2.44. The number of benzene rings is 1. The van der Waals surface area contributed by atoms with Crippen LogP contribution < -0.4 is 0 Å². The molecule has 0 aliphatic heterocycles. The number of nitrogens with zero attached hydrogens (tertiary/aromatic N) is 2. The molecular weight excluding hydrogens is 222 g/mol. The molecule has 0 atom stereocenters. The van der Waals surface area contributed by atoms with Gasteiger partial charge in [-0.25, -0.2) is 13.8 Å². The predicted octanol–water partition coefficient (Wildman–Crippen LogP) is 3.28. The minimum Gasteiger partial charge on any atom is -0.334 e. The summed E-state index contributed by atoms with van der Waals surface area (Å²) in [6.45, 7) is 0.913. The van der Waals surface area contributed by atoms with Crippen molar-refractivity contribution in [2.45, 2.75) is 19.3 Å². The van der Waals surface area contributed by atoms with Gasteiger partial charge in [0.15, 0.2) is 0 Å². The van der Waals surface area contributed by atoms with Crippen LogP contribution in [0.25, 0.3) is 11.3 Å². The molecule has 0 saturated carbocycles. The van der Waals surface area contributed by atoms with Gasteiger partial charge in [0.05, 0.1) is 24.1 Å². The molecule has 0 saturated heterocycles. The number of alkyl halides is 2. The number of rotatable bonds is 3. The molecule has 0 fully saturated rings. The van der Waals surface area contributed by atoms with E-state index >= 15 is 0 Å². The summed E-state index contributed by atoms with van der Waals surface area (Å²) in [6.07, 6.45) is 1.24. The highest BCUT2D eigenvalue weighted by Gasteiger charge is 2.25. The summed E-state index contributed by atoms with van der Waals surface area (Å²) in [6, 6.07) is 9.46. The van der Waals surface area contributed by atoms with E-state index in [2.05, 4.69) is 4.98 Å². The number of hydrogen-bond acceptors (Lipinski definition) is 1. The molecule has 2 rings (SSSR count). The summed E-state index contributed by atoms with van der Waals surface area (Å²) in [4.78, 5) is 4.06. The lowest BCUT2D eigenvalue weighted by Crippen LogP contribution is -2.14. The second-order valence-corrected chi connectivity index (χ2v) is 4.26. The first kappa shape index (κ1) is 11.8. The van der Waals surface area contributed by atoms with E-state index in [1.807, 2.05) is 37.4 Å². The molecule has 1 aromatic carbocycles. The molecule has 0 unspecified atom stereocenters. The average molecular weight is 236 g/mol. The van der Waals surface area contributed by atoms with Gasteiger partial charge in [0.1, 0.15) is 0 Å². The Morgan fingerprint density at radius 2 is 1.88 bits per heavy atom. The third-order valence-electron chi connectivity index (χ3n) is 2.54.